The van der Waals surface area contributed by atoms with Gasteiger partial charge in [-0.2, -0.15) is 0 Å². The first-order valence-electron chi connectivity index (χ1n) is 6.51. The van der Waals surface area contributed by atoms with Gasteiger partial charge in [0.2, 0.25) is 0 Å². The summed E-state index contributed by atoms with van der Waals surface area (Å²) in [6.07, 6.45) is 0. The van der Waals surface area contributed by atoms with Crippen molar-refractivity contribution in [3.63, 3.8) is 0 Å². The minimum atomic E-state index is -0.437. The molecule has 0 saturated carbocycles. The maximum absolute atomic E-state index is 13.6. The summed E-state index contributed by atoms with van der Waals surface area (Å²) in [5.74, 6) is -0.759. The van der Waals surface area contributed by atoms with Gasteiger partial charge in [-0.15, -0.1) is 0 Å². The molecule has 0 radical (unpaired) electrons. The topological polar surface area (TPSA) is 41.1 Å². The minimum Gasteiger partial charge on any atom is -0.385 e. The summed E-state index contributed by atoms with van der Waals surface area (Å²) in [4.78, 5) is 12.0. The molecule has 0 fully saturated rings. The molecule has 4 heteroatoms. The second-order valence-electron chi connectivity index (χ2n) is 4.55. The summed E-state index contributed by atoms with van der Waals surface area (Å²) >= 11 is 0. The molecule has 2 aromatic carbocycles. The van der Waals surface area contributed by atoms with Gasteiger partial charge in [-0.25, -0.2) is 4.39 Å². The quantitative estimate of drug-likeness (QED) is 0.888. The Hall–Kier alpha value is -2.36. The van der Waals surface area contributed by atoms with Crippen molar-refractivity contribution >= 4 is 17.3 Å². The van der Waals surface area contributed by atoms with Crippen molar-refractivity contribution in [2.45, 2.75) is 13.8 Å². The molecule has 0 bridgehead atoms. The molecule has 0 spiro atoms. The molecular formula is C16H17FN2O. The lowest BCUT2D eigenvalue weighted by molar-refractivity contribution is 0.102. The smallest absolute Gasteiger partial charge is 0.255 e. The van der Waals surface area contributed by atoms with Gasteiger partial charge in [-0.3, -0.25) is 4.79 Å². The normalized spacial score (nSPS) is 10.2. The second-order valence-corrected chi connectivity index (χ2v) is 4.55. The maximum Gasteiger partial charge on any atom is 0.255 e. The van der Waals surface area contributed by atoms with Crippen molar-refractivity contribution in [1.82, 2.24) is 0 Å². The molecule has 0 heterocycles. The molecule has 2 aromatic rings. The van der Waals surface area contributed by atoms with Gasteiger partial charge < -0.3 is 10.6 Å². The monoisotopic (exact) mass is 272 g/mol. The van der Waals surface area contributed by atoms with Crippen molar-refractivity contribution in [2.75, 3.05) is 17.2 Å². The Morgan fingerprint density at radius 2 is 1.85 bits per heavy atom. The van der Waals surface area contributed by atoms with E-state index >= 15 is 0 Å². The summed E-state index contributed by atoms with van der Waals surface area (Å²) in [5.41, 5.74) is 2.54. The van der Waals surface area contributed by atoms with Gasteiger partial charge in [0.25, 0.3) is 5.91 Å². The highest BCUT2D eigenvalue weighted by molar-refractivity contribution is 6.04. The Labute approximate surface area is 117 Å². The van der Waals surface area contributed by atoms with E-state index in [1.54, 1.807) is 24.3 Å². The van der Waals surface area contributed by atoms with Crippen molar-refractivity contribution in [2.24, 2.45) is 0 Å². The number of halogens is 1. The van der Waals surface area contributed by atoms with E-state index in [0.29, 0.717) is 5.56 Å². The lowest BCUT2D eigenvalue weighted by atomic mass is 10.1. The number of hydrogen-bond donors (Lipinski definition) is 2. The number of aryl methyl sites for hydroxylation is 1. The molecular weight excluding hydrogens is 255 g/mol. The Morgan fingerprint density at radius 3 is 2.50 bits per heavy atom. The Morgan fingerprint density at radius 1 is 1.15 bits per heavy atom. The van der Waals surface area contributed by atoms with Crippen molar-refractivity contribution in [1.29, 1.82) is 0 Å². The van der Waals surface area contributed by atoms with E-state index in [1.165, 1.54) is 6.07 Å². The SMILES string of the molecule is CCNc1ccc(C(=O)Nc2cc(C)ccc2F)cc1. The van der Waals surface area contributed by atoms with Crippen LogP contribution in [0.25, 0.3) is 0 Å². The molecule has 104 valence electrons. The van der Waals surface area contributed by atoms with Crippen molar-refractivity contribution in [3.8, 4) is 0 Å². The van der Waals surface area contributed by atoms with Crippen LogP contribution in [-0.2, 0) is 0 Å². The first-order valence-corrected chi connectivity index (χ1v) is 6.51. The van der Waals surface area contributed by atoms with Crippen LogP contribution in [0.1, 0.15) is 22.8 Å². The van der Waals surface area contributed by atoms with Gasteiger partial charge in [-0.1, -0.05) is 6.07 Å². The third kappa shape index (κ3) is 3.35. The van der Waals surface area contributed by atoms with Crippen LogP contribution in [0.4, 0.5) is 15.8 Å². The van der Waals surface area contributed by atoms with Crippen LogP contribution in [-0.4, -0.2) is 12.5 Å². The van der Waals surface area contributed by atoms with E-state index in [9.17, 15) is 9.18 Å². The van der Waals surface area contributed by atoms with Gasteiger partial charge in [0.15, 0.2) is 0 Å². The summed E-state index contributed by atoms with van der Waals surface area (Å²) in [6.45, 7) is 4.67. The first-order chi connectivity index (χ1) is 9.60. The number of carbonyl (C=O) groups is 1. The molecule has 1 amide bonds. The van der Waals surface area contributed by atoms with Crippen LogP contribution < -0.4 is 10.6 Å². The molecule has 0 atom stereocenters. The summed E-state index contributed by atoms with van der Waals surface area (Å²) in [5, 5.41) is 5.73. The fourth-order valence-electron chi connectivity index (χ4n) is 1.87. The molecule has 0 aliphatic rings. The zero-order valence-electron chi connectivity index (χ0n) is 11.5. The highest BCUT2D eigenvalue weighted by Gasteiger charge is 2.09. The summed E-state index contributed by atoms with van der Waals surface area (Å²) < 4.78 is 13.6. The summed E-state index contributed by atoms with van der Waals surface area (Å²) in [6, 6.07) is 11.7. The predicted octanol–water partition coefficient (Wildman–Crippen LogP) is 3.82. The number of amides is 1. The minimum absolute atomic E-state index is 0.200. The Balaban J connectivity index is 2.13. The fraction of sp³-hybridized carbons (Fsp3) is 0.188. The van der Waals surface area contributed by atoms with Gasteiger partial charge in [0, 0.05) is 17.8 Å². The van der Waals surface area contributed by atoms with Crippen molar-refractivity contribution < 1.29 is 9.18 Å². The third-order valence-electron chi connectivity index (χ3n) is 2.90. The number of carbonyl (C=O) groups excluding carboxylic acids is 1. The maximum atomic E-state index is 13.6. The molecule has 0 saturated heterocycles. The van der Waals surface area contributed by atoms with Gasteiger partial charge in [0.1, 0.15) is 5.82 Å². The second kappa shape index (κ2) is 6.19. The standard InChI is InChI=1S/C16H17FN2O/c1-3-18-13-7-5-12(6-8-13)16(20)19-15-10-11(2)4-9-14(15)17/h4-10,18H,3H2,1-2H3,(H,19,20). The first kappa shape index (κ1) is 14.1. The van der Waals surface area contributed by atoms with Crippen LogP contribution in [0, 0.1) is 12.7 Å². The molecule has 20 heavy (non-hydrogen) atoms. The van der Waals surface area contributed by atoms with Gasteiger partial charge >= 0.3 is 0 Å². The number of benzene rings is 2. The predicted molar refractivity (Wildman–Crippen MR) is 79.7 cm³/mol. The number of rotatable bonds is 4. The van der Waals surface area contributed by atoms with Crippen LogP contribution >= 0.6 is 0 Å². The zero-order valence-corrected chi connectivity index (χ0v) is 11.5. The third-order valence-corrected chi connectivity index (χ3v) is 2.90. The molecule has 2 N–H and O–H groups in total. The average Bonchev–Trinajstić information content (AvgIpc) is 2.44. The molecule has 0 aliphatic heterocycles. The number of hydrogen-bond acceptors (Lipinski definition) is 2. The Kier molecular flexibility index (Phi) is 4.35. The van der Waals surface area contributed by atoms with E-state index in [0.717, 1.165) is 17.8 Å². The van der Waals surface area contributed by atoms with Crippen LogP contribution in [0.2, 0.25) is 0 Å². The van der Waals surface area contributed by atoms with E-state index < -0.39 is 5.82 Å². The average molecular weight is 272 g/mol. The molecule has 3 nitrogen and oxygen atoms in total. The molecule has 0 unspecified atom stereocenters. The summed E-state index contributed by atoms with van der Waals surface area (Å²) in [7, 11) is 0. The highest BCUT2D eigenvalue weighted by Crippen LogP contribution is 2.17. The Bertz CT molecular complexity index is 608. The lowest BCUT2D eigenvalue weighted by Gasteiger charge is -2.08. The van der Waals surface area contributed by atoms with E-state index in [2.05, 4.69) is 10.6 Å². The molecule has 0 aliphatic carbocycles. The largest absolute Gasteiger partial charge is 0.385 e. The molecule has 0 aromatic heterocycles. The number of anilines is 2. The van der Waals surface area contributed by atoms with Crippen LogP contribution in [0.15, 0.2) is 42.5 Å². The van der Waals surface area contributed by atoms with Crippen LogP contribution in [0.3, 0.4) is 0 Å². The van der Waals surface area contributed by atoms with Crippen molar-refractivity contribution in [3.05, 3.63) is 59.4 Å². The fourth-order valence-corrected chi connectivity index (χ4v) is 1.87. The zero-order chi connectivity index (χ0) is 14.5. The van der Waals surface area contributed by atoms with E-state index in [-0.39, 0.29) is 11.6 Å². The highest BCUT2D eigenvalue weighted by atomic mass is 19.1. The lowest BCUT2D eigenvalue weighted by Crippen LogP contribution is -2.13. The van der Waals surface area contributed by atoms with Crippen LogP contribution in [0.5, 0.6) is 0 Å². The molecule has 2 rings (SSSR count). The van der Waals surface area contributed by atoms with Gasteiger partial charge in [-0.05, 0) is 55.8 Å². The van der Waals surface area contributed by atoms with E-state index in [1.807, 2.05) is 26.0 Å². The van der Waals surface area contributed by atoms with E-state index in [4.69, 9.17) is 0 Å². The number of nitrogens with one attached hydrogen (secondary N) is 2. The van der Waals surface area contributed by atoms with Gasteiger partial charge in [0.05, 0.1) is 5.69 Å².